The lowest BCUT2D eigenvalue weighted by Crippen LogP contribution is -2.57. The van der Waals surface area contributed by atoms with Crippen LogP contribution in [0, 0.1) is 6.92 Å². The van der Waals surface area contributed by atoms with Crippen LogP contribution in [0.15, 0.2) is 24.3 Å². The number of likely N-dealkylation sites (N-methyl/N-ethyl adjacent to an activating group) is 2. The molecule has 1 saturated carbocycles. The highest BCUT2D eigenvalue weighted by Crippen LogP contribution is 2.36. The van der Waals surface area contributed by atoms with Crippen molar-refractivity contribution in [2.24, 2.45) is 0 Å². The molecule has 0 bridgehead atoms. The van der Waals surface area contributed by atoms with Gasteiger partial charge in [0.15, 0.2) is 0 Å². The SMILES string of the molecule is Cc1ccccc1C(O)CN(C)CC1(N(C)C)CCC1. The van der Waals surface area contributed by atoms with E-state index in [9.17, 15) is 5.11 Å². The van der Waals surface area contributed by atoms with Crippen LogP contribution in [0.3, 0.4) is 0 Å². The van der Waals surface area contributed by atoms with E-state index in [4.69, 9.17) is 0 Å². The molecule has 3 heteroatoms. The van der Waals surface area contributed by atoms with Crippen LogP contribution >= 0.6 is 0 Å². The van der Waals surface area contributed by atoms with E-state index in [2.05, 4.69) is 43.9 Å². The third kappa shape index (κ3) is 3.22. The Hall–Kier alpha value is -0.900. The van der Waals surface area contributed by atoms with Gasteiger partial charge in [0.25, 0.3) is 0 Å². The second kappa shape index (κ2) is 6.25. The summed E-state index contributed by atoms with van der Waals surface area (Å²) in [6, 6.07) is 8.11. The smallest absolute Gasteiger partial charge is 0.0919 e. The summed E-state index contributed by atoms with van der Waals surface area (Å²) in [5.74, 6) is 0. The Morgan fingerprint density at radius 1 is 1.20 bits per heavy atom. The normalized spacial score (nSPS) is 19.1. The topological polar surface area (TPSA) is 26.7 Å². The van der Waals surface area contributed by atoms with Crippen molar-refractivity contribution in [1.82, 2.24) is 9.80 Å². The van der Waals surface area contributed by atoms with Crippen LogP contribution in [0.25, 0.3) is 0 Å². The van der Waals surface area contributed by atoms with E-state index in [1.54, 1.807) is 0 Å². The molecule has 20 heavy (non-hydrogen) atoms. The molecule has 112 valence electrons. The Kier molecular flexibility index (Phi) is 4.84. The van der Waals surface area contributed by atoms with Crippen LogP contribution in [0.1, 0.15) is 36.5 Å². The van der Waals surface area contributed by atoms with Gasteiger partial charge in [-0.05, 0) is 58.5 Å². The van der Waals surface area contributed by atoms with E-state index in [1.807, 2.05) is 18.2 Å². The molecule has 1 N–H and O–H groups in total. The van der Waals surface area contributed by atoms with Crippen LogP contribution in [-0.4, -0.2) is 54.7 Å². The molecule has 0 aromatic heterocycles. The first kappa shape index (κ1) is 15.5. The summed E-state index contributed by atoms with van der Waals surface area (Å²) in [4.78, 5) is 4.63. The van der Waals surface area contributed by atoms with Crippen molar-refractivity contribution < 1.29 is 5.11 Å². The summed E-state index contributed by atoms with van der Waals surface area (Å²) >= 11 is 0. The molecule has 1 aromatic rings. The van der Waals surface area contributed by atoms with Crippen molar-refractivity contribution in [2.75, 3.05) is 34.2 Å². The Bertz CT molecular complexity index is 440. The Morgan fingerprint density at radius 2 is 1.85 bits per heavy atom. The molecule has 0 saturated heterocycles. The van der Waals surface area contributed by atoms with Crippen LogP contribution < -0.4 is 0 Å². The number of hydrogen-bond acceptors (Lipinski definition) is 3. The quantitative estimate of drug-likeness (QED) is 0.864. The van der Waals surface area contributed by atoms with Crippen molar-refractivity contribution >= 4 is 0 Å². The number of benzene rings is 1. The Morgan fingerprint density at radius 3 is 2.35 bits per heavy atom. The molecule has 1 fully saturated rings. The number of rotatable bonds is 6. The van der Waals surface area contributed by atoms with Crippen molar-refractivity contribution in [3.05, 3.63) is 35.4 Å². The van der Waals surface area contributed by atoms with Crippen LogP contribution in [-0.2, 0) is 0 Å². The lowest BCUT2D eigenvalue weighted by molar-refractivity contribution is 0.0146. The second-order valence-corrected chi connectivity index (χ2v) is 6.54. The lowest BCUT2D eigenvalue weighted by atomic mass is 9.75. The van der Waals surface area contributed by atoms with Gasteiger partial charge in [-0.25, -0.2) is 0 Å². The maximum Gasteiger partial charge on any atom is 0.0919 e. The molecule has 0 aliphatic heterocycles. The molecule has 0 amide bonds. The highest BCUT2D eigenvalue weighted by Gasteiger charge is 2.39. The molecular weight excluding hydrogens is 248 g/mol. The molecule has 0 heterocycles. The summed E-state index contributed by atoms with van der Waals surface area (Å²) in [5.41, 5.74) is 2.53. The standard InChI is InChI=1S/C17H28N2O/c1-14-8-5-6-9-15(14)16(20)12-19(4)13-17(18(2)3)10-7-11-17/h5-6,8-9,16,20H,7,10-13H2,1-4H3. The number of nitrogens with zero attached hydrogens (tertiary/aromatic N) is 2. The first-order valence-corrected chi connectivity index (χ1v) is 7.54. The Balaban J connectivity index is 1.94. The molecular formula is C17H28N2O. The first-order chi connectivity index (χ1) is 9.44. The molecule has 2 rings (SSSR count). The predicted octanol–water partition coefficient (Wildman–Crippen LogP) is 2.44. The van der Waals surface area contributed by atoms with Crippen LogP contribution in [0.5, 0.6) is 0 Å². The second-order valence-electron chi connectivity index (χ2n) is 6.54. The van der Waals surface area contributed by atoms with Crippen LogP contribution in [0.2, 0.25) is 0 Å². The van der Waals surface area contributed by atoms with Gasteiger partial charge in [0.2, 0.25) is 0 Å². The zero-order valence-electron chi connectivity index (χ0n) is 13.3. The van der Waals surface area contributed by atoms with E-state index in [0.717, 1.165) is 12.1 Å². The molecule has 1 atom stereocenters. The van der Waals surface area contributed by atoms with Gasteiger partial charge in [0.1, 0.15) is 0 Å². The van der Waals surface area contributed by atoms with E-state index < -0.39 is 6.10 Å². The zero-order valence-corrected chi connectivity index (χ0v) is 13.3. The van der Waals surface area contributed by atoms with Gasteiger partial charge >= 0.3 is 0 Å². The fourth-order valence-electron chi connectivity index (χ4n) is 3.25. The van der Waals surface area contributed by atoms with Crippen LogP contribution in [0.4, 0.5) is 0 Å². The monoisotopic (exact) mass is 276 g/mol. The van der Waals surface area contributed by atoms with Crippen molar-refractivity contribution in [1.29, 1.82) is 0 Å². The maximum absolute atomic E-state index is 10.4. The molecule has 1 aliphatic rings. The molecule has 1 aromatic carbocycles. The molecule has 3 nitrogen and oxygen atoms in total. The summed E-state index contributed by atoms with van der Waals surface area (Å²) < 4.78 is 0. The van der Waals surface area contributed by atoms with Gasteiger partial charge in [0, 0.05) is 18.6 Å². The first-order valence-electron chi connectivity index (χ1n) is 7.54. The number of hydrogen-bond donors (Lipinski definition) is 1. The van der Waals surface area contributed by atoms with E-state index in [-0.39, 0.29) is 0 Å². The van der Waals surface area contributed by atoms with Crippen molar-refractivity contribution in [2.45, 2.75) is 37.8 Å². The van der Waals surface area contributed by atoms with Crippen molar-refractivity contribution in [3.8, 4) is 0 Å². The van der Waals surface area contributed by atoms with E-state index in [1.165, 1.54) is 24.8 Å². The largest absolute Gasteiger partial charge is 0.387 e. The summed E-state index contributed by atoms with van der Waals surface area (Å²) in [6.45, 7) is 3.79. The van der Waals surface area contributed by atoms with Gasteiger partial charge in [-0.15, -0.1) is 0 Å². The highest BCUT2D eigenvalue weighted by molar-refractivity contribution is 5.27. The third-order valence-corrected chi connectivity index (χ3v) is 4.83. The number of aliphatic hydroxyl groups excluding tert-OH is 1. The third-order valence-electron chi connectivity index (χ3n) is 4.83. The minimum atomic E-state index is -0.402. The minimum Gasteiger partial charge on any atom is -0.387 e. The van der Waals surface area contributed by atoms with Gasteiger partial charge in [-0.1, -0.05) is 24.3 Å². The van der Waals surface area contributed by atoms with E-state index >= 15 is 0 Å². The summed E-state index contributed by atoms with van der Waals surface area (Å²) in [6.07, 6.45) is 3.46. The molecule has 0 radical (unpaired) electrons. The summed E-state index contributed by atoms with van der Waals surface area (Å²) in [7, 11) is 6.46. The zero-order chi connectivity index (χ0) is 14.8. The lowest BCUT2D eigenvalue weighted by Gasteiger charge is -2.49. The van der Waals surface area contributed by atoms with Gasteiger partial charge in [0.05, 0.1) is 6.10 Å². The maximum atomic E-state index is 10.4. The molecule has 1 aliphatic carbocycles. The fraction of sp³-hybridized carbons (Fsp3) is 0.647. The Labute approximate surface area is 123 Å². The fourth-order valence-corrected chi connectivity index (χ4v) is 3.25. The molecule has 0 spiro atoms. The van der Waals surface area contributed by atoms with Gasteiger partial charge in [-0.3, -0.25) is 0 Å². The highest BCUT2D eigenvalue weighted by atomic mass is 16.3. The molecule has 1 unspecified atom stereocenters. The van der Waals surface area contributed by atoms with Crippen molar-refractivity contribution in [3.63, 3.8) is 0 Å². The van der Waals surface area contributed by atoms with E-state index in [0.29, 0.717) is 12.1 Å². The average Bonchev–Trinajstić information content (AvgIpc) is 2.33. The average molecular weight is 276 g/mol. The number of aryl methyl sites for hydroxylation is 1. The number of aliphatic hydroxyl groups is 1. The summed E-state index contributed by atoms with van der Waals surface area (Å²) in [5, 5.41) is 10.4. The van der Waals surface area contributed by atoms with Gasteiger partial charge < -0.3 is 14.9 Å². The predicted molar refractivity (Wildman–Crippen MR) is 83.9 cm³/mol. The minimum absolute atomic E-state index is 0.320. The van der Waals surface area contributed by atoms with Gasteiger partial charge in [-0.2, -0.15) is 0 Å².